The number of thiocarbonyl (C=S) groups is 1. The molecule has 0 spiro atoms. The highest BCUT2D eigenvalue weighted by atomic mass is 32.1. The first-order valence-corrected chi connectivity index (χ1v) is 7.84. The van der Waals surface area contributed by atoms with Crippen molar-refractivity contribution in [3.8, 4) is 11.5 Å². The number of phenolic OH excluding ortho intramolecular Hbond substituents is 1. The Hall–Kier alpha value is -2.53. The summed E-state index contributed by atoms with van der Waals surface area (Å²) in [6, 6.07) is 13.7. The molecule has 2 aliphatic rings. The molecular formula is C18H16N2O2S. The van der Waals surface area contributed by atoms with Crippen LogP contribution >= 0.6 is 12.2 Å². The standard InChI is InChI=1S/C18H16N2O2S/c1-22-15-9-11(6-7-14(15)21)16-13-8-10-4-2-3-5-12(10)17(13)20-18(23)19-16/h2-7,9,16,21H,8H2,1H3,(H2,19,20,23). The van der Waals surface area contributed by atoms with E-state index in [-0.39, 0.29) is 11.8 Å². The van der Waals surface area contributed by atoms with E-state index in [9.17, 15) is 5.11 Å². The molecule has 5 heteroatoms. The second-order valence-corrected chi connectivity index (χ2v) is 6.11. The van der Waals surface area contributed by atoms with Crippen LogP contribution in [0.2, 0.25) is 0 Å². The van der Waals surface area contributed by atoms with Crippen LogP contribution in [0, 0.1) is 0 Å². The van der Waals surface area contributed by atoms with E-state index >= 15 is 0 Å². The third-order valence-electron chi connectivity index (χ3n) is 4.39. The third-order valence-corrected chi connectivity index (χ3v) is 4.61. The fraction of sp³-hybridized carbons (Fsp3) is 0.167. The predicted octanol–water partition coefficient (Wildman–Crippen LogP) is 2.89. The van der Waals surface area contributed by atoms with Gasteiger partial charge in [-0.25, -0.2) is 0 Å². The van der Waals surface area contributed by atoms with E-state index in [1.165, 1.54) is 16.7 Å². The maximum atomic E-state index is 9.82. The molecule has 0 amide bonds. The van der Waals surface area contributed by atoms with Crippen molar-refractivity contribution in [3.05, 3.63) is 64.7 Å². The molecule has 1 heterocycles. The molecule has 1 unspecified atom stereocenters. The maximum Gasteiger partial charge on any atom is 0.171 e. The minimum Gasteiger partial charge on any atom is -0.504 e. The van der Waals surface area contributed by atoms with E-state index in [0.717, 1.165) is 17.7 Å². The smallest absolute Gasteiger partial charge is 0.171 e. The van der Waals surface area contributed by atoms with Crippen LogP contribution in [0.25, 0.3) is 5.70 Å². The van der Waals surface area contributed by atoms with Crippen molar-refractivity contribution < 1.29 is 9.84 Å². The van der Waals surface area contributed by atoms with Crippen molar-refractivity contribution in [2.75, 3.05) is 7.11 Å². The Kier molecular flexibility index (Phi) is 3.23. The summed E-state index contributed by atoms with van der Waals surface area (Å²) in [5.41, 5.74) is 5.88. The fourth-order valence-corrected chi connectivity index (χ4v) is 3.52. The summed E-state index contributed by atoms with van der Waals surface area (Å²) in [7, 11) is 1.55. The van der Waals surface area contributed by atoms with Crippen molar-refractivity contribution in [2.24, 2.45) is 0 Å². The molecule has 2 aromatic carbocycles. The SMILES string of the molecule is COc1cc(C2NC(=S)NC3=C2Cc2ccccc23)ccc1O. The monoisotopic (exact) mass is 324 g/mol. The van der Waals surface area contributed by atoms with E-state index in [1.807, 2.05) is 18.2 Å². The van der Waals surface area contributed by atoms with Crippen molar-refractivity contribution >= 4 is 23.0 Å². The minimum absolute atomic E-state index is 0.0272. The van der Waals surface area contributed by atoms with Gasteiger partial charge in [0.25, 0.3) is 0 Å². The van der Waals surface area contributed by atoms with E-state index in [0.29, 0.717) is 10.9 Å². The van der Waals surface area contributed by atoms with Crippen LogP contribution in [0.5, 0.6) is 11.5 Å². The van der Waals surface area contributed by atoms with Gasteiger partial charge >= 0.3 is 0 Å². The molecule has 23 heavy (non-hydrogen) atoms. The zero-order valence-corrected chi connectivity index (χ0v) is 13.4. The van der Waals surface area contributed by atoms with Crippen molar-refractivity contribution in [1.29, 1.82) is 0 Å². The van der Waals surface area contributed by atoms with E-state index in [2.05, 4.69) is 28.8 Å². The lowest BCUT2D eigenvalue weighted by Gasteiger charge is -2.29. The number of nitrogens with one attached hydrogen (secondary N) is 2. The van der Waals surface area contributed by atoms with Crippen LogP contribution in [0.4, 0.5) is 0 Å². The number of fused-ring (bicyclic) bond motifs is 2. The van der Waals surface area contributed by atoms with E-state index < -0.39 is 0 Å². The lowest BCUT2D eigenvalue weighted by atomic mass is 9.95. The quantitative estimate of drug-likeness (QED) is 0.742. The van der Waals surface area contributed by atoms with Crippen molar-refractivity contribution in [2.45, 2.75) is 12.5 Å². The average Bonchev–Trinajstić information content (AvgIpc) is 2.93. The lowest BCUT2D eigenvalue weighted by molar-refractivity contribution is 0.372. The van der Waals surface area contributed by atoms with Gasteiger partial charge in [-0.2, -0.15) is 0 Å². The predicted molar refractivity (Wildman–Crippen MR) is 93.3 cm³/mol. The minimum atomic E-state index is -0.0272. The zero-order chi connectivity index (χ0) is 16.0. The molecule has 3 N–H and O–H groups in total. The van der Waals surface area contributed by atoms with Gasteiger partial charge in [0.1, 0.15) is 0 Å². The van der Waals surface area contributed by atoms with Gasteiger partial charge < -0.3 is 20.5 Å². The van der Waals surface area contributed by atoms with Gasteiger partial charge in [-0.3, -0.25) is 0 Å². The van der Waals surface area contributed by atoms with Crippen LogP contribution in [0.15, 0.2) is 48.0 Å². The molecule has 0 radical (unpaired) electrons. The third kappa shape index (κ3) is 2.24. The Morgan fingerprint density at radius 1 is 1.22 bits per heavy atom. The van der Waals surface area contributed by atoms with Crippen molar-refractivity contribution in [1.82, 2.24) is 10.6 Å². The first-order valence-electron chi connectivity index (χ1n) is 7.43. The van der Waals surface area contributed by atoms with Crippen LogP contribution in [-0.4, -0.2) is 17.3 Å². The summed E-state index contributed by atoms with van der Waals surface area (Å²) < 4.78 is 5.23. The van der Waals surface area contributed by atoms with Gasteiger partial charge in [0.15, 0.2) is 16.6 Å². The number of benzene rings is 2. The summed E-state index contributed by atoms with van der Waals surface area (Å²) in [5.74, 6) is 0.600. The molecule has 116 valence electrons. The second kappa shape index (κ2) is 5.28. The summed E-state index contributed by atoms with van der Waals surface area (Å²) in [6.07, 6.45) is 0.877. The Labute approximate surface area is 139 Å². The largest absolute Gasteiger partial charge is 0.504 e. The van der Waals surface area contributed by atoms with Gasteiger partial charge in [0.2, 0.25) is 0 Å². The molecule has 0 bridgehead atoms. The van der Waals surface area contributed by atoms with Gasteiger partial charge in [0.05, 0.1) is 13.2 Å². The van der Waals surface area contributed by atoms with Crippen LogP contribution in [0.1, 0.15) is 22.7 Å². The number of aromatic hydroxyl groups is 1. The number of ether oxygens (including phenoxy) is 1. The molecule has 2 aromatic rings. The number of hydrogen-bond acceptors (Lipinski definition) is 3. The molecule has 4 nitrogen and oxygen atoms in total. The van der Waals surface area contributed by atoms with Crippen molar-refractivity contribution in [3.63, 3.8) is 0 Å². The normalized spacial score (nSPS) is 18.8. The Morgan fingerprint density at radius 3 is 2.87 bits per heavy atom. The fourth-order valence-electron chi connectivity index (χ4n) is 3.31. The Balaban J connectivity index is 1.81. The van der Waals surface area contributed by atoms with Gasteiger partial charge in [-0.1, -0.05) is 30.3 Å². The summed E-state index contributed by atoms with van der Waals surface area (Å²) in [5, 5.41) is 17.1. The van der Waals surface area contributed by atoms with Crippen LogP contribution in [-0.2, 0) is 6.42 Å². The van der Waals surface area contributed by atoms with Gasteiger partial charge in [-0.05, 0) is 47.5 Å². The van der Waals surface area contributed by atoms with E-state index in [1.54, 1.807) is 13.2 Å². The van der Waals surface area contributed by atoms with Crippen LogP contribution < -0.4 is 15.4 Å². The summed E-state index contributed by atoms with van der Waals surface area (Å²) >= 11 is 5.39. The number of hydrogen-bond donors (Lipinski definition) is 3. The Bertz CT molecular complexity index is 845. The molecule has 1 aliphatic heterocycles. The maximum absolute atomic E-state index is 9.82. The first kappa shape index (κ1) is 14.1. The first-order chi connectivity index (χ1) is 11.2. The topological polar surface area (TPSA) is 53.5 Å². The molecular weight excluding hydrogens is 308 g/mol. The molecule has 0 saturated heterocycles. The van der Waals surface area contributed by atoms with Gasteiger partial charge in [0, 0.05) is 11.3 Å². The molecule has 0 aromatic heterocycles. The Morgan fingerprint density at radius 2 is 2.04 bits per heavy atom. The highest BCUT2D eigenvalue weighted by Crippen LogP contribution is 2.41. The van der Waals surface area contributed by atoms with Gasteiger partial charge in [-0.15, -0.1) is 0 Å². The zero-order valence-electron chi connectivity index (χ0n) is 12.6. The highest BCUT2D eigenvalue weighted by molar-refractivity contribution is 7.80. The van der Waals surface area contributed by atoms with E-state index in [4.69, 9.17) is 17.0 Å². The van der Waals surface area contributed by atoms with Crippen LogP contribution in [0.3, 0.4) is 0 Å². The number of phenols is 1. The molecule has 1 atom stereocenters. The molecule has 0 fully saturated rings. The summed E-state index contributed by atoms with van der Waals surface area (Å²) in [4.78, 5) is 0. The summed E-state index contributed by atoms with van der Waals surface area (Å²) in [6.45, 7) is 0. The highest BCUT2D eigenvalue weighted by Gasteiger charge is 2.32. The molecule has 1 aliphatic carbocycles. The lowest BCUT2D eigenvalue weighted by Crippen LogP contribution is -2.42. The number of methoxy groups -OCH3 is 1. The number of rotatable bonds is 2. The molecule has 0 saturated carbocycles. The second-order valence-electron chi connectivity index (χ2n) is 5.70. The molecule has 4 rings (SSSR count). The average molecular weight is 324 g/mol.